The molecule has 0 aliphatic heterocycles. The molecule has 0 saturated heterocycles. The molecule has 6 nitrogen and oxygen atoms in total. The Bertz CT molecular complexity index is 1300. The molecule has 2 aromatic carbocycles. The van der Waals surface area contributed by atoms with Crippen LogP contribution in [-0.4, -0.2) is 35.4 Å². The Labute approximate surface area is 215 Å². The van der Waals surface area contributed by atoms with E-state index in [9.17, 15) is 35.8 Å². The van der Waals surface area contributed by atoms with Crippen LogP contribution in [0.25, 0.3) is 0 Å². The molecule has 1 atom stereocenters. The molecule has 210 valence electrons. The molecule has 1 heterocycles. The second-order valence-corrected chi connectivity index (χ2v) is 8.42. The number of hydrogen-bond acceptors (Lipinski definition) is 5. The summed E-state index contributed by atoms with van der Waals surface area (Å²) in [5.74, 6) is -11.2. The van der Waals surface area contributed by atoms with Crippen molar-refractivity contribution >= 4 is 0 Å². The Kier molecular flexibility index (Phi) is 8.26. The van der Waals surface area contributed by atoms with E-state index < -0.39 is 69.7 Å². The van der Waals surface area contributed by atoms with Gasteiger partial charge < -0.3 is 10.4 Å². The van der Waals surface area contributed by atoms with Gasteiger partial charge in [0.25, 0.3) is 5.92 Å². The number of halogens is 9. The van der Waals surface area contributed by atoms with Gasteiger partial charge in [-0.2, -0.15) is 36.3 Å². The fourth-order valence-electron chi connectivity index (χ4n) is 3.76. The van der Waals surface area contributed by atoms with E-state index in [0.717, 1.165) is 0 Å². The molecule has 0 spiro atoms. The Morgan fingerprint density at radius 1 is 0.897 bits per heavy atom. The summed E-state index contributed by atoms with van der Waals surface area (Å²) in [5, 5.41) is 17.2. The van der Waals surface area contributed by atoms with E-state index >= 15 is 8.78 Å². The van der Waals surface area contributed by atoms with E-state index in [4.69, 9.17) is 5.53 Å². The second kappa shape index (κ2) is 10.8. The zero-order chi connectivity index (χ0) is 29.2. The predicted molar refractivity (Wildman–Crippen MR) is 119 cm³/mol. The normalized spacial score (nSPS) is 14.1. The smallest absolute Gasteiger partial charge is 0.377 e. The van der Waals surface area contributed by atoms with Crippen LogP contribution in [0.5, 0.6) is 0 Å². The van der Waals surface area contributed by atoms with E-state index in [2.05, 4.69) is 15.5 Å². The lowest BCUT2D eigenvalue weighted by atomic mass is 9.84. The van der Waals surface area contributed by atoms with Crippen LogP contribution in [0.2, 0.25) is 0 Å². The number of pyridine rings is 1. The second-order valence-electron chi connectivity index (χ2n) is 8.42. The molecule has 0 fully saturated rings. The first-order valence-electron chi connectivity index (χ1n) is 10.9. The average Bonchev–Trinajstić information content (AvgIpc) is 2.87. The molecule has 0 amide bonds. The first kappa shape index (κ1) is 29.8. The van der Waals surface area contributed by atoms with Gasteiger partial charge in [-0.05, 0) is 43.4 Å². The lowest BCUT2D eigenvalue weighted by Crippen LogP contribution is -2.52. The molecule has 0 aliphatic carbocycles. The fraction of sp³-hybridized carbons (Fsp3) is 0.292. The summed E-state index contributed by atoms with van der Waals surface area (Å²) in [6, 6.07) is 4.31. The number of nitrogens with one attached hydrogen (secondary N) is 2. The molecule has 0 aliphatic rings. The third-order valence-electron chi connectivity index (χ3n) is 5.81. The summed E-state index contributed by atoms with van der Waals surface area (Å²) < 4.78 is 128. The predicted octanol–water partition coefficient (Wildman–Crippen LogP) is 5.92. The van der Waals surface area contributed by atoms with Crippen molar-refractivity contribution in [3.05, 3.63) is 100 Å². The van der Waals surface area contributed by atoms with Gasteiger partial charge in [-0.25, -0.2) is 8.78 Å². The van der Waals surface area contributed by atoms with Gasteiger partial charge in [0.05, 0.1) is 18.8 Å². The van der Waals surface area contributed by atoms with E-state index in [1.807, 2.05) is 0 Å². The van der Waals surface area contributed by atoms with E-state index in [1.165, 1.54) is 7.05 Å². The van der Waals surface area contributed by atoms with Gasteiger partial charge >= 0.3 is 12.1 Å². The number of nitrogens with zero attached hydrogens (tertiary/aromatic N) is 3. The molecule has 3 N–H and O–H groups in total. The van der Waals surface area contributed by atoms with Crippen LogP contribution < -0.4 is 5.32 Å². The van der Waals surface area contributed by atoms with Crippen molar-refractivity contribution in [2.24, 2.45) is 5.22 Å². The Hall–Kier alpha value is -3.72. The molecular weight excluding hydrogens is 545 g/mol. The van der Waals surface area contributed by atoms with Gasteiger partial charge in [0.2, 0.25) is 0 Å². The number of benzene rings is 2. The maximum atomic E-state index is 15.8. The minimum absolute atomic E-state index is 0.248. The minimum Gasteiger partial charge on any atom is -0.377 e. The van der Waals surface area contributed by atoms with Crippen molar-refractivity contribution in [3.63, 3.8) is 0 Å². The minimum atomic E-state index is -4.76. The first-order chi connectivity index (χ1) is 18.1. The van der Waals surface area contributed by atoms with Gasteiger partial charge in [-0.1, -0.05) is 17.4 Å². The highest BCUT2D eigenvalue weighted by atomic mass is 19.4. The summed E-state index contributed by atoms with van der Waals surface area (Å²) in [5.41, 5.74) is -1.75. The molecule has 0 radical (unpaired) electrons. The largest absolute Gasteiger partial charge is 0.416 e. The highest BCUT2D eigenvalue weighted by molar-refractivity contribution is 5.37. The van der Waals surface area contributed by atoms with Crippen LogP contribution >= 0.6 is 0 Å². The van der Waals surface area contributed by atoms with Gasteiger partial charge in [0.1, 0.15) is 17.3 Å². The highest BCUT2D eigenvalue weighted by Gasteiger charge is 2.58. The van der Waals surface area contributed by atoms with Crippen LogP contribution in [0.3, 0.4) is 0 Å². The number of aromatic nitrogens is 1. The maximum Gasteiger partial charge on any atom is 0.416 e. The average molecular weight is 565 g/mol. The number of rotatable bonds is 10. The lowest BCUT2D eigenvalue weighted by Gasteiger charge is -2.38. The van der Waals surface area contributed by atoms with Crippen molar-refractivity contribution in [1.29, 1.82) is 5.53 Å². The van der Waals surface area contributed by atoms with E-state index in [1.54, 1.807) is 0 Å². The topological polar surface area (TPSA) is 84.6 Å². The standard InChI is InChI=1S/C24H20F9N5O/c1-35-13-38(37-34)12-21(39,18-8-7-17(25)10-19(18)26)23(29,30)20-9-6-16(11-36-20)22(27,28)14-2-4-15(5-3-14)24(31,32)33/h2-11,34-35,39H,12-13H2,1H3. The first-order valence-corrected chi connectivity index (χ1v) is 10.9. The molecule has 3 rings (SSSR count). The van der Waals surface area contributed by atoms with Crippen molar-refractivity contribution in [2.45, 2.75) is 23.6 Å². The molecule has 1 aromatic heterocycles. The highest BCUT2D eigenvalue weighted by Crippen LogP contribution is 2.47. The van der Waals surface area contributed by atoms with Crippen LogP contribution in [-0.2, 0) is 23.6 Å². The van der Waals surface area contributed by atoms with Crippen LogP contribution in [0.4, 0.5) is 39.5 Å². The van der Waals surface area contributed by atoms with Crippen molar-refractivity contribution < 1.29 is 44.6 Å². The molecule has 3 aromatic rings. The fourth-order valence-corrected chi connectivity index (χ4v) is 3.76. The van der Waals surface area contributed by atoms with Crippen LogP contribution in [0.15, 0.2) is 66.0 Å². The van der Waals surface area contributed by atoms with Crippen LogP contribution in [0, 0.1) is 17.2 Å². The summed E-state index contributed by atoms with van der Waals surface area (Å²) in [4.78, 5) is 3.34. The Balaban J connectivity index is 2.04. The van der Waals surface area contributed by atoms with Crippen molar-refractivity contribution in [2.75, 3.05) is 20.3 Å². The van der Waals surface area contributed by atoms with Gasteiger partial charge in [-0.3, -0.25) is 9.99 Å². The quantitative estimate of drug-likeness (QED) is 0.123. The lowest BCUT2D eigenvalue weighted by molar-refractivity contribution is -0.209. The Morgan fingerprint density at radius 3 is 1.97 bits per heavy atom. The van der Waals surface area contributed by atoms with Crippen molar-refractivity contribution in [1.82, 2.24) is 15.3 Å². The van der Waals surface area contributed by atoms with Gasteiger partial charge in [0.15, 0.2) is 5.60 Å². The third-order valence-corrected chi connectivity index (χ3v) is 5.81. The summed E-state index contributed by atoms with van der Waals surface area (Å²) in [6.07, 6.45) is -4.43. The number of aliphatic hydroxyl groups is 1. The third kappa shape index (κ3) is 5.83. The zero-order valence-electron chi connectivity index (χ0n) is 19.9. The zero-order valence-corrected chi connectivity index (χ0v) is 19.9. The molecule has 15 heteroatoms. The summed E-state index contributed by atoms with van der Waals surface area (Å²) in [6.45, 7) is -1.56. The van der Waals surface area contributed by atoms with Gasteiger partial charge in [-0.15, -0.1) is 0 Å². The summed E-state index contributed by atoms with van der Waals surface area (Å²) >= 11 is 0. The molecule has 39 heavy (non-hydrogen) atoms. The van der Waals surface area contributed by atoms with E-state index in [-0.39, 0.29) is 12.7 Å². The molecule has 0 saturated carbocycles. The maximum absolute atomic E-state index is 15.8. The Morgan fingerprint density at radius 2 is 1.49 bits per heavy atom. The molecule has 1 unspecified atom stereocenters. The number of hydrogen-bond donors (Lipinski definition) is 3. The van der Waals surface area contributed by atoms with E-state index in [0.29, 0.717) is 59.7 Å². The SMILES string of the molecule is CNCN(CC(O)(c1ccc(F)cc1F)C(F)(F)c1ccc(C(F)(F)c2ccc(C(F)(F)F)cc2)cn1)N=N. The molecular formula is C24H20F9N5O. The van der Waals surface area contributed by atoms with Crippen LogP contribution in [0.1, 0.15) is 27.9 Å². The van der Waals surface area contributed by atoms with Crippen molar-refractivity contribution in [3.8, 4) is 0 Å². The number of alkyl halides is 7. The monoisotopic (exact) mass is 565 g/mol. The summed E-state index contributed by atoms with van der Waals surface area (Å²) in [7, 11) is 1.37. The van der Waals surface area contributed by atoms with Gasteiger partial charge in [0, 0.05) is 29.0 Å². The molecule has 0 bridgehead atoms.